The second-order valence-corrected chi connectivity index (χ2v) is 6.56. The highest BCUT2D eigenvalue weighted by atomic mass is 32.1. The Labute approximate surface area is 152 Å². The Morgan fingerprint density at radius 1 is 1.16 bits per heavy atom. The van der Waals surface area contributed by atoms with E-state index in [2.05, 4.69) is 5.32 Å². The van der Waals surface area contributed by atoms with Gasteiger partial charge in [-0.3, -0.25) is 4.79 Å². The van der Waals surface area contributed by atoms with Crippen LogP contribution in [0.5, 0.6) is 5.75 Å². The Kier molecular flexibility index (Phi) is 7.01. The van der Waals surface area contributed by atoms with Crippen LogP contribution >= 0.6 is 11.3 Å². The minimum absolute atomic E-state index is 0.120. The summed E-state index contributed by atoms with van der Waals surface area (Å²) in [6.07, 6.45) is 1.77. The Bertz CT molecular complexity index is 722. The predicted octanol–water partition coefficient (Wildman–Crippen LogP) is 4.07. The summed E-state index contributed by atoms with van der Waals surface area (Å²) in [5.41, 5.74) is 1.49. The first-order chi connectivity index (χ1) is 12.1. The van der Waals surface area contributed by atoms with Gasteiger partial charge in [0.05, 0.1) is 19.3 Å². The average Bonchev–Trinajstić information content (AvgIpc) is 3.03. The van der Waals surface area contributed by atoms with Crippen molar-refractivity contribution < 1.29 is 19.1 Å². The summed E-state index contributed by atoms with van der Waals surface area (Å²) in [4.78, 5) is 25.3. The smallest absolute Gasteiger partial charge is 0.341 e. The van der Waals surface area contributed by atoms with Crippen LogP contribution in [-0.2, 0) is 22.4 Å². The molecule has 0 aliphatic heterocycles. The summed E-state index contributed by atoms with van der Waals surface area (Å²) >= 11 is 1.42. The maximum Gasteiger partial charge on any atom is 0.341 e. The number of esters is 1. The van der Waals surface area contributed by atoms with E-state index in [4.69, 9.17) is 9.47 Å². The minimum Gasteiger partial charge on any atom is -0.497 e. The molecule has 0 aliphatic rings. The van der Waals surface area contributed by atoms with Gasteiger partial charge in [-0.25, -0.2) is 4.79 Å². The third kappa shape index (κ3) is 5.32. The molecule has 0 spiro atoms. The molecule has 2 aromatic rings. The van der Waals surface area contributed by atoms with Crippen molar-refractivity contribution in [3.8, 4) is 5.75 Å². The molecule has 0 saturated heterocycles. The van der Waals surface area contributed by atoms with Crippen LogP contribution in [0.15, 0.2) is 30.3 Å². The quantitative estimate of drug-likeness (QED) is 0.720. The molecule has 2 rings (SSSR count). The van der Waals surface area contributed by atoms with Gasteiger partial charge in [0.25, 0.3) is 0 Å². The Morgan fingerprint density at radius 3 is 2.48 bits per heavy atom. The van der Waals surface area contributed by atoms with E-state index in [-0.39, 0.29) is 5.91 Å². The number of amides is 1. The number of anilines is 1. The number of thiophene rings is 1. The van der Waals surface area contributed by atoms with Crippen molar-refractivity contribution in [2.75, 3.05) is 19.0 Å². The molecular formula is C19H23NO4S. The number of carbonyl (C=O) groups excluding carboxylic acids is 2. The average molecular weight is 361 g/mol. The summed E-state index contributed by atoms with van der Waals surface area (Å²) in [7, 11) is 1.62. The highest BCUT2D eigenvalue weighted by molar-refractivity contribution is 7.16. The molecule has 0 bridgehead atoms. The van der Waals surface area contributed by atoms with Crippen LogP contribution in [0.4, 0.5) is 5.00 Å². The maximum absolute atomic E-state index is 12.3. The third-order valence-electron chi connectivity index (χ3n) is 3.68. The van der Waals surface area contributed by atoms with Crippen molar-refractivity contribution in [3.05, 3.63) is 46.3 Å². The first-order valence-corrected chi connectivity index (χ1v) is 9.11. The van der Waals surface area contributed by atoms with E-state index in [1.54, 1.807) is 20.1 Å². The van der Waals surface area contributed by atoms with Crippen molar-refractivity contribution >= 4 is 28.2 Å². The van der Waals surface area contributed by atoms with Gasteiger partial charge in [0, 0.05) is 11.3 Å². The number of carbonyl (C=O) groups is 2. The van der Waals surface area contributed by atoms with Crippen LogP contribution in [0.2, 0.25) is 0 Å². The summed E-state index contributed by atoms with van der Waals surface area (Å²) < 4.78 is 10.2. The zero-order chi connectivity index (χ0) is 18.2. The molecule has 25 heavy (non-hydrogen) atoms. The molecule has 0 unspecified atom stereocenters. The van der Waals surface area contributed by atoms with Gasteiger partial charge in [-0.1, -0.05) is 19.1 Å². The number of hydrogen-bond acceptors (Lipinski definition) is 5. The second kappa shape index (κ2) is 9.22. The number of rotatable bonds is 8. The number of ether oxygens (including phenoxy) is 2. The standard InChI is InChI=1S/C19H23NO4S/c1-4-15-12-16(19(22)24-5-2)18(25-15)20-17(21)11-8-13-6-9-14(23-3)10-7-13/h6-7,9-10,12H,4-5,8,11H2,1-3H3,(H,20,21). The van der Waals surface area contributed by atoms with Gasteiger partial charge in [0.15, 0.2) is 0 Å². The summed E-state index contributed by atoms with van der Waals surface area (Å²) in [6, 6.07) is 9.42. The monoisotopic (exact) mass is 361 g/mol. The number of hydrogen-bond donors (Lipinski definition) is 1. The lowest BCUT2D eigenvalue weighted by molar-refractivity contribution is -0.116. The molecule has 0 atom stereocenters. The van der Waals surface area contributed by atoms with Gasteiger partial charge in [0.1, 0.15) is 10.8 Å². The van der Waals surface area contributed by atoms with E-state index in [0.29, 0.717) is 30.0 Å². The lowest BCUT2D eigenvalue weighted by atomic mass is 10.1. The lowest BCUT2D eigenvalue weighted by Crippen LogP contribution is -2.14. The fraction of sp³-hybridized carbons (Fsp3) is 0.368. The van der Waals surface area contributed by atoms with E-state index >= 15 is 0 Å². The Hall–Kier alpha value is -2.34. The van der Waals surface area contributed by atoms with Gasteiger partial charge in [0.2, 0.25) is 5.91 Å². The number of methoxy groups -OCH3 is 1. The van der Waals surface area contributed by atoms with Crippen LogP contribution in [0, 0.1) is 0 Å². The largest absolute Gasteiger partial charge is 0.497 e. The summed E-state index contributed by atoms with van der Waals surface area (Å²) in [5.74, 6) is 0.271. The molecule has 134 valence electrons. The van der Waals surface area contributed by atoms with Crippen LogP contribution < -0.4 is 10.1 Å². The molecule has 1 aromatic carbocycles. The van der Waals surface area contributed by atoms with Crippen molar-refractivity contribution in [1.29, 1.82) is 0 Å². The highest BCUT2D eigenvalue weighted by Crippen LogP contribution is 2.29. The molecule has 5 nitrogen and oxygen atoms in total. The SMILES string of the molecule is CCOC(=O)c1cc(CC)sc1NC(=O)CCc1ccc(OC)cc1. The Balaban J connectivity index is 1.99. The molecular weight excluding hydrogens is 338 g/mol. The molecule has 1 aromatic heterocycles. The van der Waals surface area contributed by atoms with Gasteiger partial charge in [-0.05, 0) is 43.5 Å². The lowest BCUT2D eigenvalue weighted by Gasteiger charge is -2.07. The molecule has 1 heterocycles. The van der Waals surface area contributed by atoms with Crippen molar-refractivity contribution in [2.45, 2.75) is 33.1 Å². The zero-order valence-electron chi connectivity index (χ0n) is 14.8. The molecule has 6 heteroatoms. The van der Waals surface area contributed by atoms with E-state index < -0.39 is 5.97 Å². The van der Waals surface area contributed by atoms with Crippen molar-refractivity contribution in [3.63, 3.8) is 0 Å². The van der Waals surface area contributed by atoms with Crippen LogP contribution in [-0.4, -0.2) is 25.6 Å². The summed E-state index contributed by atoms with van der Waals surface area (Å²) in [6.45, 7) is 4.08. The molecule has 0 radical (unpaired) electrons. The van der Waals surface area contributed by atoms with Crippen LogP contribution in [0.3, 0.4) is 0 Å². The fourth-order valence-electron chi connectivity index (χ4n) is 2.31. The van der Waals surface area contributed by atoms with Gasteiger partial charge < -0.3 is 14.8 Å². The van der Waals surface area contributed by atoms with Gasteiger partial charge in [-0.2, -0.15) is 0 Å². The normalized spacial score (nSPS) is 10.4. The van der Waals surface area contributed by atoms with Crippen LogP contribution in [0.25, 0.3) is 0 Å². The van der Waals surface area contributed by atoms with E-state index in [1.165, 1.54) is 11.3 Å². The predicted molar refractivity (Wildman–Crippen MR) is 99.6 cm³/mol. The highest BCUT2D eigenvalue weighted by Gasteiger charge is 2.18. The van der Waals surface area contributed by atoms with Gasteiger partial charge >= 0.3 is 5.97 Å². The number of nitrogens with one attached hydrogen (secondary N) is 1. The van der Waals surface area contributed by atoms with E-state index in [0.717, 1.165) is 22.6 Å². The topological polar surface area (TPSA) is 64.6 Å². The molecule has 0 saturated carbocycles. The fourth-order valence-corrected chi connectivity index (χ4v) is 3.31. The molecule has 1 N–H and O–H groups in total. The van der Waals surface area contributed by atoms with Crippen LogP contribution in [0.1, 0.15) is 41.1 Å². The van der Waals surface area contributed by atoms with Crippen molar-refractivity contribution in [2.24, 2.45) is 0 Å². The number of benzene rings is 1. The van der Waals surface area contributed by atoms with Gasteiger partial charge in [-0.15, -0.1) is 11.3 Å². The first-order valence-electron chi connectivity index (χ1n) is 8.30. The van der Waals surface area contributed by atoms with E-state index in [1.807, 2.05) is 31.2 Å². The Morgan fingerprint density at radius 2 is 1.88 bits per heavy atom. The van der Waals surface area contributed by atoms with E-state index in [9.17, 15) is 9.59 Å². The first kappa shape index (κ1) is 19.0. The molecule has 0 aliphatic carbocycles. The zero-order valence-corrected chi connectivity index (χ0v) is 15.6. The second-order valence-electron chi connectivity index (χ2n) is 5.43. The maximum atomic E-state index is 12.3. The molecule has 1 amide bonds. The molecule has 0 fully saturated rings. The van der Waals surface area contributed by atoms with Crippen molar-refractivity contribution in [1.82, 2.24) is 0 Å². The number of aryl methyl sites for hydroxylation is 2. The third-order valence-corrected chi connectivity index (χ3v) is 4.87. The minimum atomic E-state index is -0.399. The summed E-state index contributed by atoms with van der Waals surface area (Å²) in [5, 5.41) is 3.42.